The minimum atomic E-state index is -1.37. The van der Waals surface area contributed by atoms with Gasteiger partial charge in [-0.15, -0.1) is 0 Å². The predicted octanol–water partition coefficient (Wildman–Crippen LogP) is -3.67. The Kier molecular flexibility index (Phi) is 11.0. The summed E-state index contributed by atoms with van der Waals surface area (Å²) in [6, 6.07) is -2.70. The molecule has 14 heteroatoms. The third-order valence-corrected chi connectivity index (χ3v) is 8.79. The number of carbonyl (C=O) groups is 1. The Morgan fingerprint density at radius 1 is 1.24 bits per heavy atom. The second-order valence-corrected chi connectivity index (χ2v) is 12.3. The molecular weight excluding hydrogens is 536 g/mol. The highest BCUT2D eigenvalue weighted by molar-refractivity contribution is 5.80. The third kappa shape index (κ3) is 7.75. The maximum Gasteiger partial charge on any atom is 0.249 e. The van der Waals surface area contributed by atoms with Crippen LogP contribution in [0.5, 0.6) is 0 Å². The summed E-state index contributed by atoms with van der Waals surface area (Å²) in [5.74, 6) is 0.0984. The van der Waals surface area contributed by atoms with Crippen LogP contribution in [0.3, 0.4) is 0 Å². The summed E-state index contributed by atoms with van der Waals surface area (Å²) < 4.78 is 18.2. The molecule has 2 heterocycles. The summed E-state index contributed by atoms with van der Waals surface area (Å²) in [7, 11) is 1.60. The van der Waals surface area contributed by atoms with Crippen LogP contribution in [0.15, 0.2) is 11.8 Å². The largest absolute Gasteiger partial charge is 0.492 e. The molecule has 0 bridgehead atoms. The normalized spacial score (nSPS) is 42.2. The molecule has 0 spiro atoms. The van der Waals surface area contributed by atoms with Crippen molar-refractivity contribution in [3.63, 3.8) is 0 Å². The summed E-state index contributed by atoms with van der Waals surface area (Å²) in [6.45, 7) is 2.96. The van der Waals surface area contributed by atoms with E-state index in [2.05, 4.69) is 16.0 Å². The van der Waals surface area contributed by atoms with Crippen molar-refractivity contribution in [3.8, 4) is 0 Å². The van der Waals surface area contributed by atoms with Crippen molar-refractivity contribution in [2.24, 2.45) is 29.0 Å². The molecule has 2 saturated carbocycles. The quantitative estimate of drug-likeness (QED) is 0.106. The second-order valence-electron chi connectivity index (χ2n) is 12.3. The number of amides is 1. The van der Waals surface area contributed by atoms with E-state index in [1.54, 1.807) is 7.05 Å². The van der Waals surface area contributed by atoms with E-state index in [9.17, 15) is 25.2 Å². The van der Waals surface area contributed by atoms with Gasteiger partial charge in [-0.25, -0.2) is 0 Å². The Hall–Kier alpha value is -1.43. The van der Waals surface area contributed by atoms with Gasteiger partial charge in [-0.3, -0.25) is 4.79 Å². The van der Waals surface area contributed by atoms with Crippen molar-refractivity contribution in [1.82, 2.24) is 16.0 Å². The average Bonchev–Trinajstić information content (AvgIpc) is 3.73. The molecule has 1 saturated heterocycles. The summed E-state index contributed by atoms with van der Waals surface area (Å²) in [6.07, 6.45) is -1.71. The van der Waals surface area contributed by atoms with Gasteiger partial charge < -0.3 is 67.8 Å². The zero-order chi connectivity index (χ0) is 29.9. The Bertz CT molecular complexity index is 907. The van der Waals surface area contributed by atoms with Crippen LogP contribution in [0.1, 0.15) is 39.0 Å². The molecular formula is C27H50N6O8. The number of hydrogen-bond donors (Lipinski definition) is 10. The van der Waals surface area contributed by atoms with Gasteiger partial charge in [0.15, 0.2) is 6.29 Å². The molecule has 1 amide bonds. The van der Waals surface area contributed by atoms with Crippen molar-refractivity contribution in [2.75, 3.05) is 33.3 Å². The molecule has 13 N–H and O–H groups in total. The van der Waals surface area contributed by atoms with Gasteiger partial charge in [0.25, 0.3) is 0 Å². The summed E-state index contributed by atoms with van der Waals surface area (Å²) >= 11 is 0. The van der Waals surface area contributed by atoms with Crippen LogP contribution in [0, 0.1) is 11.8 Å². The SMILES string of the molecule is CN[C@@H]1[C@@H](O)[C@@H](O[C@@H]2[C@@H](O)[C@H](C3OC(CNCC4CC4)=CC[C@H]3N)[C@@H](N)C[C@H]2NC(=O)[C@@H](O)CCN)OC[C@]1(C)O. The van der Waals surface area contributed by atoms with Crippen LogP contribution in [0.4, 0.5) is 0 Å². The minimum absolute atomic E-state index is 0.0549. The van der Waals surface area contributed by atoms with E-state index >= 15 is 0 Å². The van der Waals surface area contributed by atoms with E-state index < -0.39 is 78.4 Å². The molecule has 4 aliphatic rings. The Balaban J connectivity index is 1.52. The lowest BCUT2D eigenvalue weighted by Crippen LogP contribution is -2.69. The van der Waals surface area contributed by atoms with Crippen LogP contribution in [0.25, 0.3) is 0 Å². The summed E-state index contributed by atoms with van der Waals surface area (Å²) in [5.41, 5.74) is 17.2. The predicted molar refractivity (Wildman–Crippen MR) is 149 cm³/mol. The number of rotatable bonds is 12. The fourth-order valence-electron chi connectivity index (χ4n) is 6.25. The number of nitrogens with one attached hydrogen (secondary N) is 3. The first-order chi connectivity index (χ1) is 19.5. The van der Waals surface area contributed by atoms with Crippen molar-refractivity contribution in [2.45, 2.75) is 106 Å². The van der Waals surface area contributed by atoms with E-state index in [1.807, 2.05) is 6.08 Å². The van der Waals surface area contributed by atoms with Gasteiger partial charge in [0.1, 0.15) is 35.8 Å². The summed E-state index contributed by atoms with van der Waals surface area (Å²) in [4.78, 5) is 12.8. The molecule has 0 radical (unpaired) electrons. The minimum Gasteiger partial charge on any atom is -0.492 e. The zero-order valence-electron chi connectivity index (χ0n) is 24.0. The highest BCUT2D eigenvalue weighted by Gasteiger charge is 2.53. The molecule has 0 aromatic carbocycles. The molecule has 4 rings (SSSR count). The molecule has 12 atom stereocenters. The number of aliphatic hydroxyl groups is 4. The van der Waals surface area contributed by atoms with Crippen LogP contribution >= 0.6 is 0 Å². The molecule has 236 valence electrons. The Labute approximate surface area is 241 Å². The monoisotopic (exact) mass is 586 g/mol. The number of carbonyl (C=O) groups excluding carboxylic acids is 1. The average molecular weight is 587 g/mol. The van der Waals surface area contributed by atoms with Crippen molar-refractivity contribution < 1.29 is 39.4 Å². The van der Waals surface area contributed by atoms with Crippen molar-refractivity contribution in [3.05, 3.63) is 11.8 Å². The molecule has 3 fully saturated rings. The van der Waals surface area contributed by atoms with Crippen LogP contribution < -0.4 is 33.2 Å². The van der Waals surface area contributed by atoms with E-state index in [0.29, 0.717) is 18.9 Å². The van der Waals surface area contributed by atoms with E-state index in [4.69, 9.17) is 31.4 Å². The molecule has 0 aromatic rings. The highest BCUT2D eigenvalue weighted by Crippen LogP contribution is 2.36. The topological polar surface area (TPSA) is 240 Å². The fraction of sp³-hybridized carbons (Fsp3) is 0.889. The van der Waals surface area contributed by atoms with Gasteiger partial charge in [0.05, 0.1) is 31.3 Å². The molecule has 14 nitrogen and oxygen atoms in total. The van der Waals surface area contributed by atoms with Gasteiger partial charge in [-0.1, -0.05) is 0 Å². The van der Waals surface area contributed by atoms with Gasteiger partial charge in [0, 0.05) is 18.0 Å². The lowest BCUT2D eigenvalue weighted by Gasteiger charge is -2.50. The molecule has 2 aliphatic heterocycles. The van der Waals surface area contributed by atoms with Crippen LogP contribution in [-0.2, 0) is 19.0 Å². The van der Waals surface area contributed by atoms with Gasteiger partial charge in [-0.2, -0.15) is 0 Å². The lowest BCUT2D eigenvalue weighted by atomic mass is 9.72. The zero-order valence-corrected chi connectivity index (χ0v) is 24.0. The maximum absolute atomic E-state index is 12.8. The van der Waals surface area contributed by atoms with Crippen molar-refractivity contribution >= 4 is 5.91 Å². The van der Waals surface area contributed by atoms with E-state index in [1.165, 1.54) is 19.8 Å². The second kappa shape index (κ2) is 13.9. The first kappa shape index (κ1) is 32.5. The molecule has 41 heavy (non-hydrogen) atoms. The number of nitrogens with two attached hydrogens (primary N) is 3. The number of likely N-dealkylation sites (N-methyl/N-ethyl adjacent to an activating group) is 1. The standard InChI is InChI=1S/C27H50N6O8/c1-27(38)12-39-26(21(36)24(27)31-2)41-23-17(33-25(37)18(34)7-8-28)9-16(30)19(20(23)35)22-15(29)6-5-14(40-22)11-32-10-13-3-4-13/h5,13,15-24,26,31-32,34-36,38H,3-4,6-12,28-30H2,1-2H3,(H,33,37)/t15-,16+,17-,18+,19-,20+,21-,22?,23+,24-,26-,27+/m1/s1. The first-order valence-electron chi connectivity index (χ1n) is 14.8. The molecule has 0 aromatic heterocycles. The maximum atomic E-state index is 12.8. The van der Waals surface area contributed by atoms with Crippen molar-refractivity contribution in [1.29, 1.82) is 0 Å². The Morgan fingerprint density at radius 3 is 2.63 bits per heavy atom. The number of aliphatic hydroxyl groups excluding tert-OH is 3. The fourth-order valence-corrected chi connectivity index (χ4v) is 6.25. The number of ether oxygens (including phenoxy) is 3. The number of hydrogen-bond acceptors (Lipinski definition) is 13. The van der Waals surface area contributed by atoms with E-state index in [0.717, 1.165) is 12.3 Å². The first-order valence-corrected chi connectivity index (χ1v) is 14.8. The highest BCUT2D eigenvalue weighted by atomic mass is 16.7. The van der Waals surface area contributed by atoms with Gasteiger partial charge >= 0.3 is 0 Å². The third-order valence-electron chi connectivity index (χ3n) is 8.79. The van der Waals surface area contributed by atoms with Gasteiger partial charge in [0.2, 0.25) is 5.91 Å². The van der Waals surface area contributed by atoms with E-state index in [-0.39, 0.29) is 26.0 Å². The molecule has 2 aliphatic carbocycles. The lowest BCUT2D eigenvalue weighted by molar-refractivity contribution is -0.297. The van der Waals surface area contributed by atoms with Crippen LogP contribution in [-0.4, -0.2) is 126 Å². The summed E-state index contributed by atoms with van der Waals surface area (Å²) in [5, 5.41) is 52.7. The Morgan fingerprint density at radius 2 is 1.98 bits per heavy atom. The van der Waals surface area contributed by atoms with Gasteiger partial charge in [-0.05, 0) is 71.2 Å². The molecule has 1 unspecified atom stereocenters. The van der Waals surface area contributed by atoms with Crippen LogP contribution in [0.2, 0.25) is 0 Å². The smallest absolute Gasteiger partial charge is 0.249 e.